The maximum absolute atomic E-state index is 6.33. The van der Waals surface area contributed by atoms with E-state index in [1.807, 2.05) is 12.1 Å². The Morgan fingerprint density at radius 2 is 1.95 bits per heavy atom. The minimum absolute atomic E-state index is 0. The average Bonchev–Trinajstić information content (AvgIpc) is 3.02. The first-order chi connectivity index (χ1) is 9.17. The number of benzene rings is 1. The Labute approximate surface area is 125 Å². The molecular formula is C15H20ClN3O. The maximum atomic E-state index is 6.33. The molecule has 1 aromatic carbocycles. The number of aryl methyl sites for hydroxylation is 1. The highest BCUT2D eigenvalue weighted by atomic mass is 35.5. The van der Waals surface area contributed by atoms with Crippen molar-refractivity contribution in [1.29, 1.82) is 0 Å². The van der Waals surface area contributed by atoms with Crippen molar-refractivity contribution in [2.24, 2.45) is 5.73 Å². The van der Waals surface area contributed by atoms with Gasteiger partial charge in [-0.15, -0.1) is 12.4 Å². The predicted octanol–water partition coefficient (Wildman–Crippen LogP) is 3.12. The van der Waals surface area contributed by atoms with E-state index in [1.165, 1.54) is 11.1 Å². The van der Waals surface area contributed by atoms with Crippen LogP contribution < -0.4 is 5.73 Å². The van der Waals surface area contributed by atoms with Crippen LogP contribution in [0, 0.1) is 6.92 Å². The van der Waals surface area contributed by atoms with Gasteiger partial charge >= 0.3 is 0 Å². The molecule has 0 saturated heterocycles. The van der Waals surface area contributed by atoms with Gasteiger partial charge in [-0.25, -0.2) is 0 Å². The van der Waals surface area contributed by atoms with E-state index < -0.39 is 0 Å². The van der Waals surface area contributed by atoms with E-state index in [2.05, 4.69) is 29.2 Å². The highest BCUT2D eigenvalue weighted by molar-refractivity contribution is 5.85. The summed E-state index contributed by atoms with van der Waals surface area (Å²) in [6, 6.07) is 8.24. The number of nitrogens with zero attached hydrogens (tertiary/aromatic N) is 2. The van der Waals surface area contributed by atoms with E-state index in [4.69, 9.17) is 10.3 Å². The molecule has 4 nitrogen and oxygen atoms in total. The molecule has 20 heavy (non-hydrogen) atoms. The molecular weight excluding hydrogens is 274 g/mol. The van der Waals surface area contributed by atoms with Crippen molar-refractivity contribution in [2.75, 3.05) is 0 Å². The highest BCUT2D eigenvalue weighted by Gasteiger charge is 2.35. The maximum Gasteiger partial charge on any atom is 0.231 e. The van der Waals surface area contributed by atoms with Gasteiger partial charge in [0.15, 0.2) is 5.82 Å². The first-order valence-corrected chi connectivity index (χ1v) is 6.84. The van der Waals surface area contributed by atoms with E-state index in [1.54, 1.807) is 0 Å². The van der Waals surface area contributed by atoms with Gasteiger partial charge in [0.1, 0.15) is 0 Å². The van der Waals surface area contributed by atoms with Gasteiger partial charge in [0, 0.05) is 0 Å². The van der Waals surface area contributed by atoms with Gasteiger partial charge in [0.05, 0.1) is 12.0 Å². The Bertz CT molecular complexity index is 576. The molecule has 0 radical (unpaired) electrons. The lowest BCUT2D eigenvalue weighted by molar-refractivity contribution is 0.352. The second kappa shape index (κ2) is 5.94. The van der Waals surface area contributed by atoms with Crippen LogP contribution in [0.4, 0.5) is 0 Å². The molecule has 2 aromatic rings. The fourth-order valence-electron chi connectivity index (χ4n) is 2.73. The molecule has 0 atom stereocenters. The molecule has 1 saturated carbocycles. The summed E-state index contributed by atoms with van der Waals surface area (Å²) < 4.78 is 5.36. The van der Waals surface area contributed by atoms with Gasteiger partial charge in [-0.2, -0.15) is 4.98 Å². The van der Waals surface area contributed by atoms with Crippen LogP contribution in [0.3, 0.4) is 0 Å². The Morgan fingerprint density at radius 3 is 2.65 bits per heavy atom. The van der Waals surface area contributed by atoms with Gasteiger partial charge < -0.3 is 10.3 Å². The molecule has 3 rings (SSSR count). The van der Waals surface area contributed by atoms with Crippen molar-refractivity contribution in [3.8, 4) is 0 Å². The van der Waals surface area contributed by atoms with Crippen molar-refractivity contribution >= 4 is 12.4 Å². The Hall–Kier alpha value is -1.39. The predicted molar refractivity (Wildman–Crippen MR) is 79.9 cm³/mol. The molecule has 0 amide bonds. The summed E-state index contributed by atoms with van der Waals surface area (Å²) in [4.78, 5) is 4.50. The van der Waals surface area contributed by atoms with Crippen LogP contribution >= 0.6 is 12.4 Å². The fraction of sp³-hybridized carbons (Fsp3) is 0.467. The summed E-state index contributed by atoms with van der Waals surface area (Å²) in [6.07, 6.45) is 4.89. The molecule has 0 aliphatic heterocycles. The molecule has 0 spiro atoms. The lowest BCUT2D eigenvalue weighted by atomic mass is 9.98. The summed E-state index contributed by atoms with van der Waals surface area (Å²) in [5.74, 6) is 1.33. The number of hydrogen-bond donors (Lipinski definition) is 1. The summed E-state index contributed by atoms with van der Waals surface area (Å²) in [5.41, 5.74) is 8.42. The van der Waals surface area contributed by atoms with Crippen molar-refractivity contribution in [2.45, 2.75) is 44.6 Å². The molecule has 0 unspecified atom stereocenters. The zero-order valence-corrected chi connectivity index (χ0v) is 12.4. The third kappa shape index (κ3) is 2.86. The lowest BCUT2D eigenvalue weighted by Gasteiger charge is -2.17. The van der Waals surface area contributed by atoms with E-state index in [0.29, 0.717) is 18.1 Å². The first kappa shape index (κ1) is 15.0. The standard InChI is InChI=1S/C15H19N3O.ClH/c1-11-6-2-3-7-12(11)10-13-17-14(18-19-13)15(16)8-4-5-9-15;/h2-3,6-7H,4-5,8-10,16H2,1H3;1H. The van der Waals surface area contributed by atoms with Crippen LogP contribution in [0.1, 0.15) is 48.5 Å². The van der Waals surface area contributed by atoms with Crippen LogP contribution in [-0.2, 0) is 12.0 Å². The molecule has 5 heteroatoms. The molecule has 1 aliphatic rings. The molecule has 1 fully saturated rings. The second-order valence-corrected chi connectivity index (χ2v) is 5.48. The number of nitrogens with two attached hydrogens (primary N) is 1. The fourth-order valence-corrected chi connectivity index (χ4v) is 2.73. The van der Waals surface area contributed by atoms with E-state index in [9.17, 15) is 0 Å². The largest absolute Gasteiger partial charge is 0.339 e. The summed E-state index contributed by atoms with van der Waals surface area (Å²) in [6.45, 7) is 2.09. The highest BCUT2D eigenvalue weighted by Crippen LogP contribution is 2.34. The average molecular weight is 294 g/mol. The quantitative estimate of drug-likeness (QED) is 0.944. The normalized spacial score (nSPS) is 16.9. The molecule has 108 valence electrons. The monoisotopic (exact) mass is 293 g/mol. The van der Waals surface area contributed by atoms with Gasteiger partial charge in [-0.1, -0.05) is 42.3 Å². The second-order valence-electron chi connectivity index (χ2n) is 5.48. The van der Waals surface area contributed by atoms with Crippen molar-refractivity contribution in [3.63, 3.8) is 0 Å². The zero-order valence-electron chi connectivity index (χ0n) is 11.6. The smallest absolute Gasteiger partial charge is 0.231 e. The number of halogens is 1. The third-order valence-electron chi connectivity index (χ3n) is 4.01. The first-order valence-electron chi connectivity index (χ1n) is 6.84. The third-order valence-corrected chi connectivity index (χ3v) is 4.01. The van der Waals surface area contributed by atoms with E-state index in [0.717, 1.165) is 25.7 Å². The van der Waals surface area contributed by atoms with Crippen LogP contribution in [0.15, 0.2) is 28.8 Å². The van der Waals surface area contributed by atoms with Gasteiger partial charge in [0.25, 0.3) is 0 Å². The number of rotatable bonds is 3. The Balaban J connectivity index is 0.00000147. The minimum Gasteiger partial charge on any atom is -0.339 e. The van der Waals surface area contributed by atoms with Crippen molar-refractivity contribution in [3.05, 3.63) is 47.1 Å². The van der Waals surface area contributed by atoms with Gasteiger partial charge in [0.2, 0.25) is 5.89 Å². The summed E-state index contributed by atoms with van der Waals surface area (Å²) >= 11 is 0. The van der Waals surface area contributed by atoms with Crippen LogP contribution in [0.25, 0.3) is 0 Å². The van der Waals surface area contributed by atoms with Crippen LogP contribution in [0.5, 0.6) is 0 Å². The topological polar surface area (TPSA) is 64.9 Å². The van der Waals surface area contributed by atoms with Gasteiger partial charge in [-0.3, -0.25) is 0 Å². The van der Waals surface area contributed by atoms with Gasteiger partial charge in [-0.05, 0) is 30.9 Å². The zero-order chi connectivity index (χ0) is 13.3. The molecule has 1 aromatic heterocycles. The number of hydrogen-bond acceptors (Lipinski definition) is 4. The number of aromatic nitrogens is 2. The molecule has 1 aliphatic carbocycles. The Kier molecular flexibility index (Phi) is 4.45. The molecule has 1 heterocycles. The minimum atomic E-state index is -0.368. The van der Waals surface area contributed by atoms with Crippen LogP contribution in [0.2, 0.25) is 0 Å². The van der Waals surface area contributed by atoms with Crippen molar-refractivity contribution in [1.82, 2.24) is 10.1 Å². The lowest BCUT2D eigenvalue weighted by Crippen LogP contribution is -2.34. The summed E-state index contributed by atoms with van der Waals surface area (Å²) in [7, 11) is 0. The molecule has 0 bridgehead atoms. The summed E-state index contributed by atoms with van der Waals surface area (Å²) in [5, 5.41) is 4.08. The van der Waals surface area contributed by atoms with E-state index >= 15 is 0 Å². The van der Waals surface area contributed by atoms with Crippen LogP contribution in [-0.4, -0.2) is 10.1 Å². The van der Waals surface area contributed by atoms with E-state index in [-0.39, 0.29) is 17.9 Å². The molecule has 2 N–H and O–H groups in total. The van der Waals surface area contributed by atoms with Crippen molar-refractivity contribution < 1.29 is 4.52 Å². The Morgan fingerprint density at radius 1 is 1.25 bits per heavy atom. The SMILES string of the molecule is Cc1ccccc1Cc1nc(C2(N)CCCC2)no1.Cl.